The van der Waals surface area contributed by atoms with E-state index >= 15 is 0 Å². The number of nitro groups is 1. The molecule has 0 amide bonds. The average Bonchev–Trinajstić information content (AvgIpc) is 2.63. The Labute approximate surface area is 160 Å². The smallest absolute Gasteiger partial charge is 0.376 e. The first-order valence-corrected chi connectivity index (χ1v) is 8.78. The van der Waals surface area contributed by atoms with Crippen molar-refractivity contribution in [2.75, 3.05) is 18.4 Å². The van der Waals surface area contributed by atoms with Gasteiger partial charge in [0.15, 0.2) is 0 Å². The minimum atomic E-state index is -0.644. The first-order valence-electron chi connectivity index (χ1n) is 8.41. The number of hydrogen-bond donors (Lipinski definition) is 2. The summed E-state index contributed by atoms with van der Waals surface area (Å²) in [6.07, 6.45) is 4.28. The van der Waals surface area contributed by atoms with Crippen molar-refractivity contribution in [3.63, 3.8) is 0 Å². The number of nitrogens with zero attached hydrogens (tertiary/aromatic N) is 5. The van der Waals surface area contributed by atoms with E-state index in [1.54, 1.807) is 19.0 Å². The second-order valence-corrected chi connectivity index (χ2v) is 6.47. The highest BCUT2D eigenvalue weighted by atomic mass is 35.5. The van der Waals surface area contributed by atoms with Gasteiger partial charge in [-0.05, 0) is 38.8 Å². The van der Waals surface area contributed by atoms with Gasteiger partial charge in [-0.25, -0.2) is 15.0 Å². The van der Waals surface area contributed by atoms with Crippen LogP contribution in [0.5, 0.6) is 5.88 Å². The summed E-state index contributed by atoms with van der Waals surface area (Å²) in [6, 6.07) is 3.37. The third-order valence-electron chi connectivity index (χ3n) is 4.25. The van der Waals surface area contributed by atoms with E-state index < -0.39 is 17.7 Å². The Morgan fingerprint density at radius 3 is 2.70 bits per heavy atom. The molecule has 0 spiro atoms. The molecule has 1 aliphatic rings. The van der Waals surface area contributed by atoms with Crippen LogP contribution in [-0.4, -0.2) is 56.0 Å². The minimum Gasteiger partial charge on any atom is -0.474 e. The predicted octanol–water partition coefficient (Wildman–Crippen LogP) is 2.13. The number of pyridine rings is 1. The fourth-order valence-corrected chi connectivity index (χ4v) is 3.01. The van der Waals surface area contributed by atoms with E-state index in [0.29, 0.717) is 11.6 Å². The van der Waals surface area contributed by atoms with Crippen molar-refractivity contribution in [1.82, 2.24) is 19.8 Å². The van der Waals surface area contributed by atoms with Gasteiger partial charge >= 0.3 is 12.7 Å². The van der Waals surface area contributed by atoms with Crippen LogP contribution in [0.2, 0.25) is 12.0 Å². The maximum absolute atomic E-state index is 11.1. The number of anilines is 2. The lowest BCUT2D eigenvalue weighted by Gasteiger charge is -2.32. The average molecular weight is 393 g/mol. The van der Waals surface area contributed by atoms with Gasteiger partial charge in [0, 0.05) is 6.07 Å². The third kappa shape index (κ3) is 4.82. The summed E-state index contributed by atoms with van der Waals surface area (Å²) in [7, 11) is -0.450. The molecular weight excluding hydrogens is 374 g/mol. The summed E-state index contributed by atoms with van der Waals surface area (Å²) in [4.78, 5) is 24.2. The fraction of sp³-hybridized carbons (Fsp3) is 0.400. The standard InChI is InChI=1S/C15H18BClN6O4/c1-16(24)22-6-4-11(5-7-22)27-12-3-2-10(8-18-12)21-15-13(23(25)26)14(17)19-9-20-15/h2-3,8-9,11,24H,4-7H2,1H3,(H,19,20,21). The van der Waals surface area contributed by atoms with Crippen LogP contribution < -0.4 is 10.1 Å². The molecule has 27 heavy (non-hydrogen) atoms. The first kappa shape index (κ1) is 19.3. The Balaban J connectivity index is 1.62. The molecule has 0 aromatic carbocycles. The maximum atomic E-state index is 11.1. The van der Waals surface area contributed by atoms with Crippen LogP contribution in [-0.2, 0) is 0 Å². The molecule has 0 atom stereocenters. The van der Waals surface area contributed by atoms with Crippen LogP contribution in [0.4, 0.5) is 17.2 Å². The van der Waals surface area contributed by atoms with Crippen molar-refractivity contribution in [3.8, 4) is 5.88 Å². The van der Waals surface area contributed by atoms with Gasteiger partial charge in [-0.15, -0.1) is 0 Å². The van der Waals surface area contributed by atoms with Crippen molar-refractivity contribution in [2.45, 2.75) is 25.8 Å². The number of halogens is 1. The van der Waals surface area contributed by atoms with Crippen molar-refractivity contribution in [2.24, 2.45) is 0 Å². The first-order chi connectivity index (χ1) is 12.9. The summed E-state index contributed by atoms with van der Waals surface area (Å²) in [5, 5.41) is 23.3. The zero-order valence-corrected chi connectivity index (χ0v) is 15.3. The molecule has 0 bridgehead atoms. The molecule has 2 aromatic rings. The van der Waals surface area contributed by atoms with Crippen LogP contribution >= 0.6 is 11.6 Å². The molecule has 0 unspecified atom stereocenters. The second kappa shape index (κ2) is 8.46. The Bertz CT molecular complexity index is 801. The molecule has 1 aliphatic heterocycles. The van der Waals surface area contributed by atoms with Gasteiger partial charge in [-0.1, -0.05) is 11.6 Å². The summed E-state index contributed by atoms with van der Waals surface area (Å²) in [5.41, 5.74) is 0.105. The lowest BCUT2D eigenvalue weighted by Crippen LogP contribution is -2.45. The number of piperidine rings is 1. The monoisotopic (exact) mass is 392 g/mol. The van der Waals surface area contributed by atoms with Gasteiger partial charge in [0.2, 0.25) is 16.9 Å². The van der Waals surface area contributed by atoms with Crippen molar-refractivity contribution >= 4 is 35.8 Å². The lowest BCUT2D eigenvalue weighted by atomic mass is 9.82. The highest BCUT2D eigenvalue weighted by Crippen LogP contribution is 2.30. The molecule has 0 saturated carbocycles. The van der Waals surface area contributed by atoms with Gasteiger partial charge in [-0.3, -0.25) is 10.1 Å². The van der Waals surface area contributed by atoms with Crippen molar-refractivity contribution in [1.29, 1.82) is 0 Å². The number of aromatic nitrogens is 3. The van der Waals surface area contributed by atoms with Crippen LogP contribution in [0, 0.1) is 10.1 Å². The summed E-state index contributed by atoms with van der Waals surface area (Å²) < 4.78 is 5.87. The molecule has 1 saturated heterocycles. The Morgan fingerprint density at radius 2 is 2.11 bits per heavy atom. The van der Waals surface area contributed by atoms with Crippen LogP contribution in [0.3, 0.4) is 0 Å². The molecule has 3 heterocycles. The lowest BCUT2D eigenvalue weighted by molar-refractivity contribution is -0.384. The molecule has 142 valence electrons. The number of nitrogens with one attached hydrogen (secondary N) is 1. The normalized spacial score (nSPS) is 15.4. The van der Waals surface area contributed by atoms with E-state index in [0.717, 1.165) is 32.3 Å². The van der Waals surface area contributed by atoms with Gasteiger partial charge in [0.25, 0.3) is 0 Å². The summed E-state index contributed by atoms with van der Waals surface area (Å²) in [6.45, 7) is 3.28. The van der Waals surface area contributed by atoms with Gasteiger partial charge in [0.05, 0.1) is 16.8 Å². The highest BCUT2D eigenvalue weighted by molar-refractivity contribution is 6.45. The maximum Gasteiger partial charge on any atom is 0.376 e. The second-order valence-electron chi connectivity index (χ2n) is 6.11. The molecule has 12 heteroatoms. The van der Waals surface area contributed by atoms with Gasteiger partial charge < -0.3 is 19.9 Å². The Morgan fingerprint density at radius 1 is 1.37 bits per heavy atom. The summed E-state index contributed by atoms with van der Waals surface area (Å²) >= 11 is 5.77. The van der Waals surface area contributed by atoms with E-state index in [4.69, 9.17) is 16.3 Å². The molecule has 2 aromatic heterocycles. The molecule has 10 nitrogen and oxygen atoms in total. The highest BCUT2D eigenvalue weighted by Gasteiger charge is 2.25. The van der Waals surface area contributed by atoms with Gasteiger partial charge in [0.1, 0.15) is 12.4 Å². The molecule has 3 rings (SSSR count). The minimum absolute atomic E-state index is 0.0130. The SMILES string of the molecule is CB(O)N1CCC(Oc2ccc(Nc3ncnc(Cl)c3[N+](=O)[O-])cn2)CC1. The van der Waals surface area contributed by atoms with Gasteiger partial charge in [-0.2, -0.15) is 0 Å². The van der Waals surface area contributed by atoms with E-state index in [1.165, 1.54) is 6.20 Å². The zero-order chi connectivity index (χ0) is 19.4. The van der Waals surface area contributed by atoms with Crippen molar-refractivity contribution in [3.05, 3.63) is 39.9 Å². The van der Waals surface area contributed by atoms with Crippen LogP contribution in [0.15, 0.2) is 24.7 Å². The summed E-state index contributed by atoms with van der Waals surface area (Å²) in [5.74, 6) is 0.451. The topological polar surface area (TPSA) is 127 Å². The number of rotatable bonds is 6. The van der Waals surface area contributed by atoms with Crippen LogP contribution in [0.1, 0.15) is 12.8 Å². The molecule has 0 aliphatic carbocycles. The molecule has 1 fully saturated rings. The molecule has 0 radical (unpaired) electrons. The molecular formula is C15H18BClN6O4. The predicted molar refractivity (Wildman–Crippen MR) is 100 cm³/mol. The number of ether oxygens (including phenoxy) is 1. The quantitative estimate of drug-likeness (QED) is 0.329. The zero-order valence-electron chi connectivity index (χ0n) is 14.6. The fourth-order valence-electron chi connectivity index (χ4n) is 2.81. The van der Waals surface area contributed by atoms with Crippen LogP contribution in [0.25, 0.3) is 0 Å². The van der Waals surface area contributed by atoms with E-state index in [1.807, 2.05) is 4.81 Å². The largest absolute Gasteiger partial charge is 0.474 e. The van der Waals surface area contributed by atoms with Crippen molar-refractivity contribution < 1.29 is 14.7 Å². The molecule has 2 N–H and O–H groups in total. The Kier molecular flexibility index (Phi) is 6.04. The number of hydrogen-bond acceptors (Lipinski definition) is 9. The third-order valence-corrected chi connectivity index (χ3v) is 4.53. The Hall–Kier alpha value is -2.50. The van der Waals surface area contributed by atoms with E-state index in [9.17, 15) is 15.1 Å². The van der Waals surface area contributed by atoms with E-state index in [-0.39, 0.29) is 17.1 Å². The van der Waals surface area contributed by atoms with E-state index in [2.05, 4.69) is 20.3 Å².